The van der Waals surface area contributed by atoms with Gasteiger partial charge >= 0.3 is 0 Å². The zero-order valence-electron chi connectivity index (χ0n) is 8.87. The zero-order valence-corrected chi connectivity index (χ0v) is 11.3. The molecule has 0 N–H and O–H groups in total. The minimum atomic E-state index is 0.289. The van der Waals surface area contributed by atoms with Crippen LogP contribution >= 0.6 is 27.3 Å². The maximum Gasteiger partial charge on any atom is 0.226 e. The summed E-state index contributed by atoms with van der Waals surface area (Å²) in [6, 6.07) is 2.07. The average molecular weight is 288 g/mol. The third kappa shape index (κ3) is 2.61. The van der Waals surface area contributed by atoms with Crippen molar-refractivity contribution < 1.29 is 4.79 Å². The van der Waals surface area contributed by atoms with Crippen LogP contribution in [0, 0.1) is 11.8 Å². The van der Waals surface area contributed by atoms with Gasteiger partial charge in [0.25, 0.3) is 0 Å². The van der Waals surface area contributed by atoms with E-state index in [1.807, 2.05) is 11.9 Å². The quantitative estimate of drug-likeness (QED) is 0.837. The molecule has 2 rings (SSSR count). The molecule has 2 nitrogen and oxygen atoms in total. The summed E-state index contributed by atoms with van der Waals surface area (Å²) in [6.45, 7) is 2.86. The number of carbonyl (C=O) groups excluding carboxylic acids is 1. The van der Waals surface area contributed by atoms with E-state index < -0.39 is 0 Å². The highest BCUT2D eigenvalue weighted by atomic mass is 79.9. The molecule has 82 valence electrons. The molecule has 1 aliphatic rings. The molecular formula is C11H14BrNOS. The van der Waals surface area contributed by atoms with Gasteiger partial charge in [-0.3, -0.25) is 4.79 Å². The Labute approximate surface area is 102 Å². The summed E-state index contributed by atoms with van der Waals surface area (Å²) in [7, 11) is 1.89. The summed E-state index contributed by atoms with van der Waals surface area (Å²) >= 11 is 5.09. The number of hydrogen-bond donors (Lipinski definition) is 0. The molecule has 1 aliphatic carbocycles. The third-order valence-electron chi connectivity index (χ3n) is 2.84. The molecule has 15 heavy (non-hydrogen) atoms. The van der Waals surface area contributed by atoms with Gasteiger partial charge in [-0.1, -0.05) is 6.92 Å². The van der Waals surface area contributed by atoms with Crippen LogP contribution in [0.5, 0.6) is 0 Å². The number of rotatable bonds is 3. The van der Waals surface area contributed by atoms with Crippen molar-refractivity contribution in [2.24, 2.45) is 11.8 Å². The van der Waals surface area contributed by atoms with Crippen molar-refractivity contribution in [1.29, 1.82) is 0 Å². The lowest BCUT2D eigenvalue weighted by molar-refractivity contribution is -0.132. The van der Waals surface area contributed by atoms with Crippen molar-refractivity contribution in [2.75, 3.05) is 7.05 Å². The molecule has 0 aliphatic heterocycles. The number of halogens is 1. The lowest BCUT2D eigenvalue weighted by Crippen LogP contribution is -2.27. The Kier molecular flexibility index (Phi) is 3.16. The molecule has 0 spiro atoms. The summed E-state index contributed by atoms with van der Waals surface area (Å²) in [5.41, 5.74) is 1.20. The van der Waals surface area contributed by atoms with Crippen LogP contribution in [0.15, 0.2) is 15.2 Å². The summed E-state index contributed by atoms with van der Waals surface area (Å²) in [5.74, 6) is 1.18. The van der Waals surface area contributed by atoms with E-state index in [1.54, 1.807) is 11.3 Å². The predicted octanol–water partition coefficient (Wildman–Crippen LogP) is 3.13. The molecule has 1 heterocycles. The Morgan fingerprint density at radius 1 is 1.73 bits per heavy atom. The zero-order chi connectivity index (χ0) is 11.0. The van der Waals surface area contributed by atoms with Crippen LogP contribution in [-0.2, 0) is 11.3 Å². The lowest BCUT2D eigenvalue weighted by Gasteiger charge is -2.16. The smallest absolute Gasteiger partial charge is 0.226 e. The Balaban J connectivity index is 1.92. The highest BCUT2D eigenvalue weighted by Gasteiger charge is 2.40. The number of thiophene rings is 1. The molecular weight excluding hydrogens is 274 g/mol. The van der Waals surface area contributed by atoms with E-state index in [0.717, 1.165) is 16.8 Å². The maximum absolute atomic E-state index is 11.8. The summed E-state index contributed by atoms with van der Waals surface area (Å²) in [6.07, 6.45) is 1.07. The molecule has 0 bridgehead atoms. The SMILES string of the molecule is CC1CC1C(=O)N(C)Cc1csc(Br)c1. The van der Waals surface area contributed by atoms with Gasteiger partial charge in [-0.15, -0.1) is 11.3 Å². The van der Waals surface area contributed by atoms with Crippen LogP contribution in [0.25, 0.3) is 0 Å². The van der Waals surface area contributed by atoms with Gasteiger partial charge in [-0.25, -0.2) is 0 Å². The molecule has 1 aromatic rings. The van der Waals surface area contributed by atoms with Crippen LogP contribution in [0.1, 0.15) is 18.9 Å². The van der Waals surface area contributed by atoms with Crippen molar-refractivity contribution in [3.8, 4) is 0 Å². The minimum absolute atomic E-state index is 0.289. The second-order valence-corrected chi connectivity index (χ2v) is 6.56. The second kappa shape index (κ2) is 4.26. The summed E-state index contributed by atoms with van der Waals surface area (Å²) in [4.78, 5) is 13.7. The van der Waals surface area contributed by atoms with Gasteiger partial charge in [0.1, 0.15) is 0 Å². The molecule has 1 fully saturated rings. The molecule has 0 radical (unpaired) electrons. The molecule has 2 atom stereocenters. The Bertz CT molecular complexity index is 376. The number of carbonyl (C=O) groups is 1. The van der Waals surface area contributed by atoms with E-state index in [9.17, 15) is 4.79 Å². The molecule has 2 unspecified atom stereocenters. The van der Waals surface area contributed by atoms with E-state index in [2.05, 4.69) is 34.3 Å². The number of amides is 1. The van der Waals surface area contributed by atoms with Crippen LogP contribution in [-0.4, -0.2) is 17.9 Å². The van der Waals surface area contributed by atoms with Gasteiger partial charge in [0, 0.05) is 19.5 Å². The van der Waals surface area contributed by atoms with E-state index in [0.29, 0.717) is 11.8 Å². The highest BCUT2D eigenvalue weighted by molar-refractivity contribution is 9.11. The van der Waals surface area contributed by atoms with E-state index >= 15 is 0 Å². The van der Waals surface area contributed by atoms with Crippen LogP contribution < -0.4 is 0 Å². The largest absolute Gasteiger partial charge is 0.341 e. The molecule has 1 aromatic heterocycles. The highest BCUT2D eigenvalue weighted by Crippen LogP contribution is 2.39. The van der Waals surface area contributed by atoms with Crippen molar-refractivity contribution in [3.63, 3.8) is 0 Å². The number of hydrogen-bond acceptors (Lipinski definition) is 2. The third-order valence-corrected chi connectivity index (χ3v) is 4.40. The standard InChI is InChI=1S/C11H14BrNOS/c1-7-3-9(7)11(14)13(2)5-8-4-10(12)15-6-8/h4,6-7,9H,3,5H2,1-2H3. The van der Waals surface area contributed by atoms with Crippen molar-refractivity contribution in [2.45, 2.75) is 19.9 Å². The van der Waals surface area contributed by atoms with Crippen molar-refractivity contribution in [1.82, 2.24) is 4.90 Å². The van der Waals surface area contributed by atoms with Gasteiger partial charge in [0.05, 0.1) is 3.79 Å². The fourth-order valence-electron chi connectivity index (χ4n) is 1.73. The topological polar surface area (TPSA) is 20.3 Å². The molecule has 1 saturated carbocycles. The minimum Gasteiger partial charge on any atom is -0.341 e. The molecule has 0 aromatic carbocycles. The van der Waals surface area contributed by atoms with Crippen molar-refractivity contribution >= 4 is 33.2 Å². The maximum atomic E-state index is 11.8. The van der Waals surface area contributed by atoms with E-state index in [-0.39, 0.29) is 5.92 Å². The Hall–Kier alpha value is -0.350. The fraction of sp³-hybridized carbons (Fsp3) is 0.545. The first-order valence-electron chi connectivity index (χ1n) is 5.06. The summed E-state index contributed by atoms with van der Waals surface area (Å²) in [5, 5.41) is 2.09. The van der Waals surface area contributed by atoms with E-state index in [4.69, 9.17) is 0 Å². The number of nitrogens with zero attached hydrogens (tertiary/aromatic N) is 1. The first-order chi connectivity index (χ1) is 7.08. The van der Waals surface area contributed by atoms with Gasteiger partial charge in [0.2, 0.25) is 5.91 Å². The van der Waals surface area contributed by atoms with Crippen LogP contribution in [0.2, 0.25) is 0 Å². The summed E-state index contributed by atoms with van der Waals surface area (Å²) < 4.78 is 1.12. The van der Waals surface area contributed by atoms with Crippen molar-refractivity contribution in [3.05, 3.63) is 20.8 Å². The Morgan fingerprint density at radius 2 is 2.40 bits per heavy atom. The van der Waals surface area contributed by atoms with Gasteiger partial charge in [-0.2, -0.15) is 0 Å². The molecule has 4 heteroatoms. The van der Waals surface area contributed by atoms with Gasteiger partial charge in [-0.05, 0) is 45.3 Å². The van der Waals surface area contributed by atoms with E-state index in [1.165, 1.54) is 5.56 Å². The lowest BCUT2D eigenvalue weighted by atomic mass is 10.2. The monoisotopic (exact) mass is 287 g/mol. The van der Waals surface area contributed by atoms with Gasteiger partial charge < -0.3 is 4.90 Å². The van der Waals surface area contributed by atoms with Gasteiger partial charge in [0.15, 0.2) is 0 Å². The average Bonchev–Trinajstić information content (AvgIpc) is 2.77. The molecule has 0 saturated heterocycles. The second-order valence-electron chi connectivity index (χ2n) is 4.27. The van der Waals surface area contributed by atoms with Crippen LogP contribution in [0.3, 0.4) is 0 Å². The first-order valence-corrected chi connectivity index (χ1v) is 6.73. The normalized spacial score (nSPS) is 23.9. The predicted molar refractivity (Wildman–Crippen MR) is 65.8 cm³/mol. The fourth-order valence-corrected chi connectivity index (χ4v) is 2.93. The van der Waals surface area contributed by atoms with Crippen LogP contribution in [0.4, 0.5) is 0 Å². The molecule has 1 amide bonds. The Morgan fingerprint density at radius 3 is 2.87 bits per heavy atom. The first kappa shape index (κ1) is 11.1.